The Bertz CT molecular complexity index is 3170. The van der Waals surface area contributed by atoms with E-state index in [4.69, 9.17) is 19.9 Å². The van der Waals surface area contributed by atoms with Crippen LogP contribution in [0, 0.1) is 11.3 Å². The van der Waals surface area contributed by atoms with Gasteiger partial charge in [0.2, 0.25) is 0 Å². The maximum Gasteiger partial charge on any atom is 0.160 e. The summed E-state index contributed by atoms with van der Waals surface area (Å²) in [5.74, 6) is 1.31. The SMILES string of the molecule is N#Cc1cccc(-c2ccc(-c3cc(-c4ccccc4-c4ccccc4-c4cccc(-c5nc(-c6ccccc6)cc(-c6ccccc6)n5)c4)nc(-c4ccccc4)n3)cc2)c1. The Hall–Kier alpha value is -8.59. The minimum absolute atomic E-state index is 0.632. The van der Waals surface area contributed by atoms with E-state index < -0.39 is 0 Å². The first-order valence-corrected chi connectivity index (χ1v) is 20.5. The Balaban J connectivity index is 1.07. The van der Waals surface area contributed by atoms with Gasteiger partial charge < -0.3 is 0 Å². The van der Waals surface area contributed by atoms with Gasteiger partial charge in [-0.25, -0.2) is 19.9 Å². The zero-order valence-electron chi connectivity index (χ0n) is 33.6. The molecule has 0 amide bonds. The summed E-state index contributed by atoms with van der Waals surface area (Å²) in [5, 5.41) is 9.48. The molecular formula is C57H37N5. The minimum Gasteiger partial charge on any atom is -0.228 e. The van der Waals surface area contributed by atoms with E-state index in [0.717, 1.165) is 89.5 Å². The summed E-state index contributed by atoms with van der Waals surface area (Å²) in [4.78, 5) is 20.6. The smallest absolute Gasteiger partial charge is 0.160 e. The summed E-state index contributed by atoms with van der Waals surface area (Å²) >= 11 is 0. The molecule has 0 aliphatic heterocycles. The fourth-order valence-corrected chi connectivity index (χ4v) is 7.88. The highest BCUT2D eigenvalue weighted by molar-refractivity contribution is 5.92. The normalized spacial score (nSPS) is 10.9. The zero-order valence-corrected chi connectivity index (χ0v) is 33.6. The third-order valence-corrected chi connectivity index (χ3v) is 11.0. The highest BCUT2D eigenvalue weighted by Crippen LogP contribution is 2.40. The van der Waals surface area contributed by atoms with Crippen LogP contribution in [-0.4, -0.2) is 19.9 Å². The lowest BCUT2D eigenvalue weighted by Crippen LogP contribution is -1.98. The zero-order chi connectivity index (χ0) is 41.7. The lowest BCUT2D eigenvalue weighted by Gasteiger charge is -2.16. The molecule has 0 saturated heterocycles. The molecule has 0 radical (unpaired) electrons. The summed E-state index contributed by atoms with van der Waals surface area (Å²) in [5.41, 5.74) is 16.2. The molecule has 0 fully saturated rings. The summed E-state index contributed by atoms with van der Waals surface area (Å²) in [7, 11) is 0. The fraction of sp³-hybridized carbons (Fsp3) is 0. The Morgan fingerprint density at radius 1 is 0.258 bits per heavy atom. The first-order chi connectivity index (χ1) is 30.7. The van der Waals surface area contributed by atoms with Crippen LogP contribution in [0.4, 0.5) is 0 Å². The van der Waals surface area contributed by atoms with Crippen molar-refractivity contribution in [3.8, 4) is 107 Å². The predicted octanol–water partition coefficient (Wildman–Crippen LogP) is 14.1. The molecule has 0 spiro atoms. The third-order valence-electron chi connectivity index (χ3n) is 11.0. The largest absolute Gasteiger partial charge is 0.228 e. The van der Waals surface area contributed by atoms with Crippen LogP contribution >= 0.6 is 0 Å². The molecule has 62 heavy (non-hydrogen) atoms. The van der Waals surface area contributed by atoms with Crippen molar-refractivity contribution in [1.29, 1.82) is 5.26 Å². The van der Waals surface area contributed by atoms with E-state index in [1.807, 2.05) is 91.0 Å². The summed E-state index contributed by atoms with van der Waals surface area (Å²) in [6.45, 7) is 0. The van der Waals surface area contributed by atoms with Gasteiger partial charge in [0, 0.05) is 33.4 Å². The molecule has 0 unspecified atom stereocenters. The first-order valence-electron chi connectivity index (χ1n) is 20.5. The molecule has 0 N–H and O–H groups in total. The maximum atomic E-state index is 9.48. The molecule has 2 aromatic heterocycles. The van der Waals surface area contributed by atoms with Crippen LogP contribution in [0.3, 0.4) is 0 Å². The lowest BCUT2D eigenvalue weighted by atomic mass is 9.90. The number of hydrogen-bond donors (Lipinski definition) is 0. The summed E-state index contributed by atoms with van der Waals surface area (Å²) < 4.78 is 0. The Morgan fingerprint density at radius 2 is 0.661 bits per heavy atom. The van der Waals surface area contributed by atoms with E-state index >= 15 is 0 Å². The Morgan fingerprint density at radius 3 is 1.27 bits per heavy atom. The molecule has 0 bridgehead atoms. The lowest BCUT2D eigenvalue weighted by molar-refractivity contribution is 1.18. The van der Waals surface area contributed by atoms with E-state index in [1.165, 1.54) is 0 Å². The van der Waals surface area contributed by atoms with Crippen molar-refractivity contribution in [2.24, 2.45) is 0 Å². The topological polar surface area (TPSA) is 75.3 Å². The van der Waals surface area contributed by atoms with Crippen LogP contribution in [0.25, 0.3) is 101 Å². The number of rotatable bonds is 9. The number of aromatic nitrogens is 4. The molecule has 0 aliphatic rings. The van der Waals surface area contributed by atoms with Gasteiger partial charge in [0.1, 0.15) is 0 Å². The Labute approximate surface area is 361 Å². The highest BCUT2D eigenvalue weighted by atomic mass is 14.9. The molecule has 2 heterocycles. The molecule has 10 aromatic rings. The molecule has 10 rings (SSSR count). The third kappa shape index (κ3) is 7.80. The van der Waals surface area contributed by atoms with Crippen LogP contribution in [0.1, 0.15) is 5.56 Å². The van der Waals surface area contributed by atoms with Gasteiger partial charge in [0.25, 0.3) is 0 Å². The second-order valence-corrected chi connectivity index (χ2v) is 15.0. The maximum absolute atomic E-state index is 9.48. The quantitative estimate of drug-likeness (QED) is 0.145. The minimum atomic E-state index is 0.632. The number of hydrogen-bond acceptors (Lipinski definition) is 5. The standard InChI is InChI=1S/C57H37N5/c58-38-39-16-14-23-45(34-39)40-30-32-43(33-31-40)54-37-55(62-56(59-54)44-21-8-3-9-22-44)51-29-13-12-28-50(51)49-27-11-10-26-48(49)46-24-15-25-47(35-46)57-60-52(41-17-4-1-5-18-41)36-53(61-57)42-19-6-2-7-20-42/h1-37H. The van der Waals surface area contributed by atoms with Crippen molar-refractivity contribution in [3.63, 3.8) is 0 Å². The Kier molecular flexibility index (Phi) is 10.3. The van der Waals surface area contributed by atoms with Crippen LogP contribution in [-0.2, 0) is 0 Å². The van der Waals surface area contributed by atoms with Gasteiger partial charge in [-0.05, 0) is 63.7 Å². The number of benzene rings is 8. The van der Waals surface area contributed by atoms with E-state index in [0.29, 0.717) is 17.2 Å². The second kappa shape index (κ2) is 16.9. The van der Waals surface area contributed by atoms with Gasteiger partial charge >= 0.3 is 0 Å². The molecule has 5 heteroatoms. The second-order valence-electron chi connectivity index (χ2n) is 15.0. The molecule has 8 aromatic carbocycles. The molecule has 0 aliphatic carbocycles. The van der Waals surface area contributed by atoms with Crippen molar-refractivity contribution in [2.45, 2.75) is 0 Å². The molecule has 290 valence electrons. The number of nitriles is 1. The van der Waals surface area contributed by atoms with Crippen molar-refractivity contribution < 1.29 is 0 Å². The van der Waals surface area contributed by atoms with Gasteiger partial charge in [-0.2, -0.15) is 5.26 Å². The molecule has 5 nitrogen and oxygen atoms in total. The van der Waals surface area contributed by atoms with Crippen molar-refractivity contribution in [3.05, 3.63) is 230 Å². The van der Waals surface area contributed by atoms with Gasteiger partial charge in [0.05, 0.1) is 34.4 Å². The number of nitrogens with zero attached hydrogens (tertiary/aromatic N) is 5. The van der Waals surface area contributed by atoms with Gasteiger partial charge in [-0.1, -0.05) is 194 Å². The average molecular weight is 792 g/mol. The van der Waals surface area contributed by atoms with Crippen molar-refractivity contribution in [2.75, 3.05) is 0 Å². The average Bonchev–Trinajstić information content (AvgIpc) is 3.37. The summed E-state index contributed by atoms with van der Waals surface area (Å²) in [6.07, 6.45) is 0. The predicted molar refractivity (Wildman–Crippen MR) is 251 cm³/mol. The van der Waals surface area contributed by atoms with Crippen LogP contribution in [0.2, 0.25) is 0 Å². The molecule has 0 atom stereocenters. The van der Waals surface area contributed by atoms with Crippen molar-refractivity contribution in [1.82, 2.24) is 19.9 Å². The van der Waals surface area contributed by atoms with Crippen molar-refractivity contribution >= 4 is 0 Å². The van der Waals surface area contributed by atoms with Crippen LogP contribution < -0.4 is 0 Å². The highest BCUT2D eigenvalue weighted by Gasteiger charge is 2.18. The van der Waals surface area contributed by atoms with E-state index in [2.05, 4.69) is 140 Å². The van der Waals surface area contributed by atoms with E-state index in [-0.39, 0.29) is 0 Å². The first kappa shape index (κ1) is 37.7. The van der Waals surface area contributed by atoms with E-state index in [9.17, 15) is 5.26 Å². The fourth-order valence-electron chi connectivity index (χ4n) is 7.88. The van der Waals surface area contributed by atoms with Crippen LogP contribution in [0.5, 0.6) is 0 Å². The van der Waals surface area contributed by atoms with Gasteiger partial charge in [-0.3, -0.25) is 0 Å². The van der Waals surface area contributed by atoms with Gasteiger partial charge in [0.15, 0.2) is 11.6 Å². The van der Waals surface area contributed by atoms with E-state index in [1.54, 1.807) is 0 Å². The van der Waals surface area contributed by atoms with Gasteiger partial charge in [-0.15, -0.1) is 0 Å². The van der Waals surface area contributed by atoms with Crippen LogP contribution in [0.15, 0.2) is 224 Å². The monoisotopic (exact) mass is 791 g/mol. The summed E-state index contributed by atoms with van der Waals surface area (Å²) in [6, 6.07) is 78.6. The molecular weight excluding hydrogens is 755 g/mol. The molecule has 0 saturated carbocycles.